The third kappa shape index (κ3) is 2.80. The van der Waals surface area contributed by atoms with Crippen LogP contribution in [0, 0.1) is 13.8 Å². The van der Waals surface area contributed by atoms with Gasteiger partial charge in [-0.1, -0.05) is 42.5 Å². The van der Waals surface area contributed by atoms with Crippen molar-refractivity contribution in [1.29, 1.82) is 0 Å². The van der Waals surface area contributed by atoms with Crippen LogP contribution in [0.3, 0.4) is 0 Å². The predicted octanol–water partition coefficient (Wildman–Crippen LogP) is 4.33. The van der Waals surface area contributed by atoms with Gasteiger partial charge in [0.1, 0.15) is 0 Å². The first-order valence-electron chi connectivity index (χ1n) is 6.13. The van der Waals surface area contributed by atoms with Gasteiger partial charge in [-0.2, -0.15) is 0 Å². The van der Waals surface area contributed by atoms with Crippen LogP contribution in [-0.2, 0) is 10.7 Å². The summed E-state index contributed by atoms with van der Waals surface area (Å²) in [4.78, 5) is 12.7. The van der Waals surface area contributed by atoms with E-state index in [2.05, 4.69) is 0 Å². The van der Waals surface area contributed by atoms with Crippen LogP contribution in [-0.4, -0.2) is 5.78 Å². The van der Waals surface area contributed by atoms with Gasteiger partial charge in [0, 0.05) is 11.1 Å². The molecule has 0 atom stereocenters. The number of hydrogen-bond acceptors (Lipinski definition) is 2. The van der Waals surface area contributed by atoms with Crippen molar-refractivity contribution in [2.45, 2.75) is 20.0 Å². The molecule has 0 aromatic heterocycles. The molecule has 0 N–H and O–H groups in total. The number of ketones is 1. The molecule has 0 heterocycles. The van der Waals surface area contributed by atoms with Crippen LogP contribution in [0.1, 0.15) is 32.6 Å². The van der Waals surface area contributed by atoms with E-state index in [4.69, 9.17) is 0 Å². The van der Waals surface area contributed by atoms with Gasteiger partial charge in [-0.05, 0) is 30.5 Å². The van der Waals surface area contributed by atoms with E-state index in [1.165, 1.54) is 0 Å². The topological polar surface area (TPSA) is 34.1 Å². The van der Waals surface area contributed by atoms with E-state index in [1.807, 2.05) is 50.2 Å². The first kappa shape index (κ1) is 13.6. The van der Waals surface area contributed by atoms with Crippen molar-refractivity contribution < 1.29 is 9.36 Å². The van der Waals surface area contributed by atoms with E-state index in [0.717, 1.165) is 22.3 Å². The first-order valence-corrected chi connectivity index (χ1v) is 7.13. The lowest BCUT2D eigenvalue weighted by Crippen LogP contribution is -2.08. The highest BCUT2D eigenvalue weighted by molar-refractivity contribution is 7.22. The third-order valence-corrected chi connectivity index (χ3v) is 3.67. The van der Waals surface area contributed by atoms with Gasteiger partial charge in [0.25, 0.3) is 0 Å². The summed E-state index contributed by atoms with van der Waals surface area (Å²) in [6.45, 7) is 3.88. The molecule has 0 amide bonds. The summed E-state index contributed by atoms with van der Waals surface area (Å²) < 4.78 is 10.8. The van der Waals surface area contributed by atoms with E-state index in [0.29, 0.717) is 11.7 Å². The molecule has 0 aliphatic heterocycles. The molecule has 2 aromatic rings. The van der Waals surface area contributed by atoms with Crippen LogP contribution >= 0.6 is 8.46 Å². The Balaban J connectivity index is 2.53. The summed E-state index contributed by atoms with van der Waals surface area (Å²) in [5, 5.41) is 0. The summed E-state index contributed by atoms with van der Waals surface area (Å²) in [6.07, 6.45) is 0.368. The molecule has 96 valence electrons. The van der Waals surface area contributed by atoms with Crippen LogP contribution in [0.15, 0.2) is 42.5 Å². The van der Waals surface area contributed by atoms with Crippen molar-refractivity contribution in [3.8, 4) is 0 Å². The molecule has 0 radical (unpaired) electrons. The van der Waals surface area contributed by atoms with Gasteiger partial charge >= 0.3 is 0 Å². The van der Waals surface area contributed by atoms with E-state index < -0.39 is 0 Å². The standard InChI is InChI=1S/C16H15O2P/c1-11-6-5-7-12(2)15(11)16(17)14-9-4-3-8-13(14)10-19-18/h3-9H,10H2,1-2H3. The SMILES string of the molecule is Cc1cccc(C)c1C(=O)c1ccccc1CP=O. The molecule has 2 aromatic carbocycles. The summed E-state index contributed by atoms with van der Waals surface area (Å²) in [5.74, 6) is 0.00912. The molecule has 2 rings (SSSR count). The minimum absolute atomic E-state index is 0.00912. The fourth-order valence-corrected chi connectivity index (χ4v) is 2.67. The van der Waals surface area contributed by atoms with Crippen molar-refractivity contribution in [2.75, 3.05) is 0 Å². The molecular formula is C16H15O2P. The molecule has 3 heteroatoms. The van der Waals surface area contributed by atoms with Gasteiger partial charge in [0.05, 0.1) is 6.16 Å². The predicted molar refractivity (Wildman–Crippen MR) is 77.1 cm³/mol. The van der Waals surface area contributed by atoms with E-state index in [1.54, 1.807) is 6.07 Å². The van der Waals surface area contributed by atoms with Gasteiger partial charge in [-0.25, -0.2) is 0 Å². The zero-order valence-electron chi connectivity index (χ0n) is 11.0. The van der Waals surface area contributed by atoms with Gasteiger partial charge < -0.3 is 0 Å². The number of carbonyl (C=O) groups excluding carboxylic acids is 1. The molecule has 0 saturated heterocycles. The normalized spacial score (nSPS) is 10.6. The Labute approximate surface area is 114 Å². The lowest BCUT2D eigenvalue weighted by molar-refractivity contribution is 0.103. The zero-order valence-corrected chi connectivity index (χ0v) is 11.9. The lowest BCUT2D eigenvalue weighted by atomic mass is 9.93. The maximum Gasteiger partial charge on any atom is 0.193 e. The molecule has 0 aliphatic carbocycles. The van der Waals surface area contributed by atoms with Crippen molar-refractivity contribution in [2.24, 2.45) is 0 Å². The number of benzene rings is 2. The Morgan fingerprint density at radius 1 is 1.00 bits per heavy atom. The molecule has 0 unspecified atom stereocenters. The highest BCUT2D eigenvalue weighted by Crippen LogP contribution is 2.22. The van der Waals surface area contributed by atoms with E-state index in [9.17, 15) is 9.36 Å². The Hall–Kier alpha value is -1.79. The summed E-state index contributed by atoms with van der Waals surface area (Å²) in [5.41, 5.74) is 4.16. The molecule has 0 aliphatic rings. The Morgan fingerprint density at radius 2 is 1.63 bits per heavy atom. The smallest absolute Gasteiger partial charge is 0.193 e. The molecule has 19 heavy (non-hydrogen) atoms. The maximum absolute atomic E-state index is 12.7. The highest BCUT2D eigenvalue weighted by atomic mass is 31.1. The lowest BCUT2D eigenvalue weighted by Gasteiger charge is -2.11. The monoisotopic (exact) mass is 270 g/mol. The maximum atomic E-state index is 12.7. The van der Waals surface area contributed by atoms with Gasteiger partial charge in [0.15, 0.2) is 14.2 Å². The fourth-order valence-electron chi connectivity index (χ4n) is 2.26. The van der Waals surface area contributed by atoms with Crippen molar-refractivity contribution in [3.63, 3.8) is 0 Å². The van der Waals surface area contributed by atoms with Crippen LogP contribution in [0.25, 0.3) is 0 Å². The number of rotatable bonds is 4. The summed E-state index contributed by atoms with van der Waals surface area (Å²) >= 11 is 0. The average molecular weight is 270 g/mol. The average Bonchev–Trinajstić information content (AvgIpc) is 2.39. The Kier molecular flexibility index (Phi) is 4.24. The fraction of sp³-hybridized carbons (Fsp3) is 0.188. The largest absolute Gasteiger partial charge is 0.289 e. The number of aryl methyl sites for hydroxylation is 2. The van der Waals surface area contributed by atoms with Crippen molar-refractivity contribution >= 4 is 14.2 Å². The van der Waals surface area contributed by atoms with Crippen LogP contribution in [0.4, 0.5) is 0 Å². The second-order valence-corrected chi connectivity index (χ2v) is 5.11. The van der Waals surface area contributed by atoms with Crippen LogP contribution < -0.4 is 0 Å². The van der Waals surface area contributed by atoms with E-state index >= 15 is 0 Å². The molecule has 0 fully saturated rings. The molecule has 0 saturated carbocycles. The Morgan fingerprint density at radius 3 is 2.26 bits per heavy atom. The third-order valence-electron chi connectivity index (χ3n) is 3.21. The Bertz CT molecular complexity index is 612. The van der Waals surface area contributed by atoms with Crippen molar-refractivity contribution in [3.05, 3.63) is 70.3 Å². The summed E-state index contributed by atoms with van der Waals surface area (Å²) in [6, 6.07) is 13.2. The number of hydrogen-bond donors (Lipinski definition) is 0. The van der Waals surface area contributed by atoms with Gasteiger partial charge in [-0.3, -0.25) is 9.36 Å². The molecule has 0 bridgehead atoms. The number of carbonyl (C=O) groups is 1. The van der Waals surface area contributed by atoms with Crippen LogP contribution in [0.5, 0.6) is 0 Å². The summed E-state index contributed by atoms with van der Waals surface area (Å²) in [7, 11) is 0.0310. The molecular weight excluding hydrogens is 255 g/mol. The van der Waals surface area contributed by atoms with Crippen LogP contribution in [0.2, 0.25) is 0 Å². The first-order chi connectivity index (χ1) is 9.15. The molecule has 2 nitrogen and oxygen atoms in total. The highest BCUT2D eigenvalue weighted by Gasteiger charge is 2.16. The van der Waals surface area contributed by atoms with Gasteiger partial charge in [-0.15, -0.1) is 0 Å². The molecule has 0 spiro atoms. The zero-order chi connectivity index (χ0) is 13.8. The van der Waals surface area contributed by atoms with Crippen molar-refractivity contribution in [1.82, 2.24) is 0 Å². The minimum Gasteiger partial charge on any atom is -0.289 e. The minimum atomic E-state index is 0.00912. The van der Waals surface area contributed by atoms with Gasteiger partial charge in [0.2, 0.25) is 0 Å². The quantitative estimate of drug-likeness (QED) is 0.612. The second kappa shape index (κ2) is 5.90. The second-order valence-electron chi connectivity index (χ2n) is 4.54. The van der Waals surface area contributed by atoms with E-state index in [-0.39, 0.29) is 14.2 Å².